The van der Waals surface area contributed by atoms with Gasteiger partial charge in [0.2, 0.25) is 0 Å². The average Bonchev–Trinajstić information content (AvgIpc) is 2.26. The summed E-state index contributed by atoms with van der Waals surface area (Å²) in [5.74, 6) is -1.08. The zero-order chi connectivity index (χ0) is 11.8. The summed E-state index contributed by atoms with van der Waals surface area (Å²) in [5.41, 5.74) is 0. The molecule has 0 saturated heterocycles. The van der Waals surface area contributed by atoms with E-state index in [1.807, 2.05) is 0 Å². The fourth-order valence-corrected chi connectivity index (χ4v) is 0.769. The predicted octanol–water partition coefficient (Wildman–Crippen LogP) is -2.75. The van der Waals surface area contributed by atoms with E-state index in [1.54, 1.807) is 0 Å². The largest absolute Gasteiger partial charge is 0.461 e. The number of carbonyl (C=O) groups is 1. The Morgan fingerprint density at radius 3 is 2.33 bits per heavy atom. The maximum Gasteiger partial charge on any atom is 0.337 e. The molecule has 15 heavy (non-hydrogen) atoms. The van der Waals surface area contributed by atoms with E-state index in [1.165, 1.54) is 7.11 Å². The molecule has 0 rings (SSSR count). The Morgan fingerprint density at radius 2 is 1.87 bits per heavy atom. The van der Waals surface area contributed by atoms with Crippen molar-refractivity contribution in [1.82, 2.24) is 0 Å². The number of aliphatic hydroxyl groups is 4. The zero-order valence-corrected chi connectivity index (χ0v) is 8.37. The van der Waals surface area contributed by atoms with Crippen LogP contribution in [0.2, 0.25) is 0 Å². The van der Waals surface area contributed by atoms with Crippen molar-refractivity contribution in [2.45, 2.75) is 18.3 Å². The molecule has 0 fully saturated rings. The number of methoxy groups -OCH3 is 1. The lowest BCUT2D eigenvalue weighted by molar-refractivity contribution is -0.167. The van der Waals surface area contributed by atoms with E-state index in [-0.39, 0.29) is 13.2 Å². The molecule has 7 nitrogen and oxygen atoms in total. The topological polar surface area (TPSA) is 116 Å². The summed E-state index contributed by atoms with van der Waals surface area (Å²) < 4.78 is 9.08. The third-order valence-corrected chi connectivity index (χ3v) is 1.68. The average molecular weight is 224 g/mol. The number of hydrogen-bond donors (Lipinski definition) is 4. The summed E-state index contributed by atoms with van der Waals surface area (Å²) in [6, 6.07) is 0. The molecular formula is C8H16O7. The molecule has 0 aromatic carbocycles. The van der Waals surface area contributed by atoms with Crippen molar-refractivity contribution in [3.05, 3.63) is 0 Å². The molecule has 0 heterocycles. The standard InChI is InChI=1S/C8H16O7/c1-14-2-3-15-8(13)7(12)6(11)5(10)4-9/h5-7,9-12H,2-4H2,1H3/t5-,6-,7-/m1/s1. The molecule has 0 aromatic rings. The van der Waals surface area contributed by atoms with Crippen LogP contribution in [0.4, 0.5) is 0 Å². The first kappa shape index (κ1) is 14.3. The predicted molar refractivity (Wildman–Crippen MR) is 47.9 cm³/mol. The molecule has 4 N–H and O–H groups in total. The second-order valence-corrected chi connectivity index (χ2v) is 2.85. The lowest BCUT2D eigenvalue weighted by Crippen LogP contribution is -2.44. The smallest absolute Gasteiger partial charge is 0.337 e. The highest BCUT2D eigenvalue weighted by Gasteiger charge is 2.30. The summed E-state index contributed by atoms with van der Waals surface area (Å²) in [6.45, 7) is -0.658. The maximum atomic E-state index is 11.0. The van der Waals surface area contributed by atoms with Gasteiger partial charge in [-0.3, -0.25) is 0 Å². The van der Waals surface area contributed by atoms with Gasteiger partial charge in [0.25, 0.3) is 0 Å². The van der Waals surface area contributed by atoms with Gasteiger partial charge in [0.05, 0.1) is 13.2 Å². The quantitative estimate of drug-likeness (QED) is 0.273. The Labute approximate surface area is 86.9 Å². The minimum Gasteiger partial charge on any atom is -0.461 e. The van der Waals surface area contributed by atoms with Crippen LogP contribution >= 0.6 is 0 Å². The Bertz CT molecular complexity index is 184. The second-order valence-electron chi connectivity index (χ2n) is 2.85. The molecule has 0 aliphatic heterocycles. The van der Waals surface area contributed by atoms with E-state index in [0.717, 1.165) is 0 Å². The van der Waals surface area contributed by atoms with Gasteiger partial charge in [-0.15, -0.1) is 0 Å². The number of carbonyl (C=O) groups excluding carboxylic acids is 1. The number of hydrogen-bond acceptors (Lipinski definition) is 7. The minimum absolute atomic E-state index is 0.0612. The Hall–Kier alpha value is -0.730. The van der Waals surface area contributed by atoms with Crippen molar-refractivity contribution in [2.24, 2.45) is 0 Å². The van der Waals surface area contributed by atoms with Crippen LogP contribution in [0, 0.1) is 0 Å². The SMILES string of the molecule is COCCOC(=O)[C@H](O)[C@H](O)[C@H](O)CO. The molecule has 7 heteroatoms. The molecule has 0 bridgehead atoms. The van der Waals surface area contributed by atoms with Gasteiger partial charge < -0.3 is 29.9 Å². The van der Waals surface area contributed by atoms with Crippen LogP contribution in [-0.2, 0) is 14.3 Å². The molecule has 0 radical (unpaired) electrons. The van der Waals surface area contributed by atoms with Crippen LogP contribution in [0.25, 0.3) is 0 Å². The molecule has 0 saturated carbocycles. The lowest BCUT2D eigenvalue weighted by Gasteiger charge is -2.19. The monoisotopic (exact) mass is 224 g/mol. The first-order valence-corrected chi connectivity index (χ1v) is 4.35. The summed E-state index contributed by atoms with van der Waals surface area (Å²) in [5, 5.41) is 35.7. The highest BCUT2D eigenvalue weighted by Crippen LogP contribution is 2.02. The molecule has 0 aliphatic carbocycles. The van der Waals surface area contributed by atoms with Crippen molar-refractivity contribution in [1.29, 1.82) is 0 Å². The van der Waals surface area contributed by atoms with Gasteiger partial charge in [-0.05, 0) is 0 Å². The summed E-state index contributed by atoms with van der Waals surface area (Å²) in [7, 11) is 1.41. The van der Waals surface area contributed by atoms with Crippen molar-refractivity contribution < 1.29 is 34.7 Å². The van der Waals surface area contributed by atoms with Crippen LogP contribution in [0.1, 0.15) is 0 Å². The van der Waals surface area contributed by atoms with E-state index in [4.69, 9.17) is 20.4 Å². The highest BCUT2D eigenvalue weighted by molar-refractivity contribution is 5.75. The number of ether oxygens (including phenoxy) is 2. The number of rotatable bonds is 7. The van der Waals surface area contributed by atoms with Crippen molar-refractivity contribution >= 4 is 5.97 Å². The van der Waals surface area contributed by atoms with Gasteiger partial charge in [0.1, 0.15) is 18.8 Å². The van der Waals surface area contributed by atoms with E-state index in [0.29, 0.717) is 0 Å². The van der Waals surface area contributed by atoms with Crippen LogP contribution in [0.15, 0.2) is 0 Å². The third kappa shape index (κ3) is 5.05. The van der Waals surface area contributed by atoms with Crippen LogP contribution in [0.5, 0.6) is 0 Å². The van der Waals surface area contributed by atoms with Crippen molar-refractivity contribution in [2.75, 3.05) is 26.9 Å². The Balaban J connectivity index is 3.96. The normalized spacial score (nSPS) is 16.9. The summed E-state index contributed by atoms with van der Waals surface area (Å²) in [4.78, 5) is 11.0. The summed E-state index contributed by atoms with van der Waals surface area (Å²) in [6.07, 6.45) is -5.25. The van der Waals surface area contributed by atoms with Gasteiger partial charge >= 0.3 is 5.97 Å². The Morgan fingerprint density at radius 1 is 1.27 bits per heavy atom. The van der Waals surface area contributed by atoms with Crippen LogP contribution in [-0.4, -0.2) is 71.6 Å². The van der Waals surface area contributed by atoms with Gasteiger partial charge in [-0.2, -0.15) is 0 Å². The Kier molecular flexibility index (Phi) is 7.18. The van der Waals surface area contributed by atoms with E-state index in [2.05, 4.69) is 9.47 Å². The first-order valence-electron chi connectivity index (χ1n) is 4.35. The van der Waals surface area contributed by atoms with E-state index in [9.17, 15) is 4.79 Å². The lowest BCUT2D eigenvalue weighted by atomic mass is 10.1. The van der Waals surface area contributed by atoms with E-state index >= 15 is 0 Å². The second kappa shape index (κ2) is 7.55. The van der Waals surface area contributed by atoms with Crippen molar-refractivity contribution in [3.8, 4) is 0 Å². The van der Waals surface area contributed by atoms with Gasteiger partial charge in [-0.1, -0.05) is 0 Å². The fraction of sp³-hybridized carbons (Fsp3) is 0.875. The van der Waals surface area contributed by atoms with Gasteiger partial charge in [-0.25, -0.2) is 4.79 Å². The fourth-order valence-electron chi connectivity index (χ4n) is 0.769. The first-order chi connectivity index (χ1) is 7.04. The van der Waals surface area contributed by atoms with Crippen LogP contribution in [0.3, 0.4) is 0 Å². The molecule has 0 amide bonds. The molecule has 90 valence electrons. The molecule has 0 aromatic heterocycles. The highest BCUT2D eigenvalue weighted by atomic mass is 16.6. The van der Waals surface area contributed by atoms with Crippen LogP contribution < -0.4 is 0 Å². The number of aliphatic hydroxyl groups excluding tert-OH is 4. The van der Waals surface area contributed by atoms with Gasteiger partial charge in [0, 0.05) is 7.11 Å². The molecular weight excluding hydrogens is 208 g/mol. The number of esters is 1. The third-order valence-electron chi connectivity index (χ3n) is 1.68. The molecule has 0 spiro atoms. The molecule has 0 unspecified atom stereocenters. The van der Waals surface area contributed by atoms with E-state index < -0.39 is 30.9 Å². The van der Waals surface area contributed by atoms with Crippen molar-refractivity contribution in [3.63, 3.8) is 0 Å². The summed E-state index contributed by atoms with van der Waals surface area (Å²) >= 11 is 0. The minimum atomic E-state index is -1.89. The van der Waals surface area contributed by atoms with Gasteiger partial charge in [0.15, 0.2) is 6.10 Å². The molecule has 3 atom stereocenters. The zero-order valence-electron chi connectivity index (χ0n) is 8.37. The molecule has 0 aliphatic rings. The maximum absolute atomic E-state index is 11.0.